The molecule has 1 aliphatic rings. The number of aryl methyl sites for hydroxylation is 1. The number of benzene rings is 2. The summed E-state index contributed by atoms with van der Waals surface area (Å²) in [7, 11) is 0. The zero-order valence-electron chi connectivity index (χ0n) is 11.3. The monoisotopic (exact) mass is 329 g/mol. The summed E-state index contributed by atoms with van der Waals surface area (Å²) in [5, 5.41) is 3.02. The van der Waals surface area contributed by atoms with Gasteiger partial charge >= 0.3 is 0 Å². The normalized spacial score (nSPS) is 20.5. The Morgan fingerprint density at radius 2 is 1.95 bits per heavy atom. The van der Waals surface area contributed by atoms with Crippen molar-refractivity contribution in [2.45, 2.75) is 19.3 Å². The van der Waals surface area contributed by atoms with Gasteiger partial charge in [-0.2, -0.15) is 0 Å². The molecule has 0 radical (unpaired) electrons. The van der Waals surface area contributed by atoms with Gasteiger partial charge in [0, 0.05) is 16.1 Å². The van der Waals surface area contributed by atoms with E-state index in [1.54, 1.807) is 0 Å². The average molecular weight is 330 g/mol. The Labute approximate surface area is 127 Å². The molecule has 1 fully saturated rings. The van der Waals surface area contributed by atoms with Gasteiger partial charge in [0.2, 0.25) is 5.91 Å². The van der Waals surface area contributed by atoms with E-state index in [9.17, 15) is 4.79 Å². The van der Waals surface area contributed by atoms with E-state index < -0.39 is 0 Å². The van der Waals surface area contributed by atoms with E-state index in [0.717, 1.165) is 22.1 Å². The smallest absolute Gasteiger partial charge is 0.228 e. The lowest BCUT2D eigenvalue weighted by Gasteiger charge is -2.07. The first-order valence-electron chi connectivity index (χ1n) is 6.76. The van der Waals surface area contributed by atoms with Crippen LogP contribution in [0.3, 0.4) is 0 Å². The third-order valence-corrected chi connectivity index (χ3v) is 4.12. The minimum atomic E-state index is 0.108. The molecule has 3 rings (SSSR count). The Morgan fingerprint density at radius 3 is 2.65 bits per heavy atom. The van der Waals surface area contributed by atoms with E-state index in [0.29, 0.717) is 5.92 Å². The highest BCUT2D eigenvalue weighted by molar-refractivity contribution is 9.10. The summed E-state index contributed by atoms with van der Waals surface area (Å²) < 4.78 is 0.989. The molecule has 2 unspecified atom stereocenters. The average Bonchev–Trinajstić information content (AvgIpc) is 3.18. The van der Waals surface area contributed by atoms with Crippen LogP contribution < -0.4 is 5.32 Å². The molecule has 2 nitrogen and oxygen atoms in total. The van der Waals surface area contributed by atoms with Gasteiger partial charge in [-0.3, -0.25) is 4.79 Å². The highest BCUT2D eigenvalue weighted by Gasteiger charge is 2.43. The number of nitrogens with one attached hydrogen (secondary N) is 1. The number of rotatable bonds is 3. The van der Waals surface area contributed by atoms with Crippen LogP contribution in [0.5, 0.6) is 0 Å². The number of carbonyl (C=O) groups is 1. The van der Waals surface area contributed by atoms with Gasteiger partial charge in [-0.1, -0.05) is 46.3 Å². The Kier molecular flexibility index (Phi) is 3.62. The molecule has 1 N–H and O–H groups in total. The van der Waals surface area contributed by atoms with Crippen molar-refractivity contribution >= 4 is 27.5 Å². The quantitative estimate of drug-likeness (QED) is 0.882. The van der Waals surface area contributed by atoms with Crippen LogP contribution in [0.25, 0.3) is 0 Å². The predicted octanol–water partition coefficient (Wildman–Crippen LogP) is 4.50. The van der Waals surface area contributed by atoms with Crippen LogP contribution in [-0.2, 0) is 4.79 Å². The molecule has 2 aromatic carbocycles. The molecule has 0 bridgehead atoms. The molecule has 2 atom stereocenters. The van der Waals surface area contributed by atoms with Crippen molar-refractivity contribution in [3.63, 3.8) is 0 Å². The zero-order valence-corrected chi connectivity index (χ0v) is 12.9. The van der Waals surface area contributed by atoms with Gasteiger partial charge in [0.05, 0.1) is 0 Å². The lowest BCUT2D eigenvalue weighted by molar-refractivity contribution is -0.117. The maximum Gasteiger partial charge on any atom is 0.228 e. The summed E-state index contributed by atoms with van der Waals surface area (Å²) in [5.41, 5.74) is 3.25. The van der Waals surface area contributed by atoms with Crippen LogP contribution in [0.4, 0.5) is 5.69 Å². The fourth-order valence-electron chi connectivity index (χ4n) is 2.60. The van der Waals surface area contributed by atoms with Crippen molar-refractivity contribution in [3.05, 3.63) is 64.1 Å². The van der Waals surface area contributed by atoms with Gasteiger partial charge in [-0.15, -0.1) is 0 Å². The van der Waals surface area contributed by atoms with Crippen molar-refractivity contribution in [3.8, 4) is 0 Å². The molecule has 102 valence electrons. The van der Waals surface area contributed by atoms with E-state index in [-0.39, 0.29) is 11.8 Å². The third-order valence-electron chi connectivity index (χ3n) is 3.66. The zero-order chi connectivity index (χ0) is 14.1. The lowest BCUT2D eigenvalue weighted by Crippen LogP contribution is -2.14. The first kappa shape index (κ1) is 13.4. The van der Waals surface area contributed by atoms with Crippen molar-refractivity contribution in [1.29, 1.82) is 0 Å². The van der Waals surface area contributed by atoms with E-state index in [2.05, 4.69) is 33.4 Å². The Morgan fingerprint density at radius 1 is 1.20 bits per heavy atom. The summed E-state index contributed by atoms with van der Waals surface area (Å²) in [4.78, 5) is 12.3. The van der Waals surface area contributed by atoms with Crippen molar-refractivity contribution in [2.75, 3.05) is 5.32 Å². The molecule has 1 saturated carbocycles. The number of carbonyl (C=O) groups excluding carboxylic acids is 1. The topological polar surface area (TPSA) is 29.1 Å². The Balaban J connectivity index is 1.67. The van der Waals surface area contributed by atoms with Crippen LogP contribution in [0.1, 0.15) is 23.5 Å². The number of hydrogen-bond acceptors (Lipinski definition) is 1. The molecule has 0 aliphatic heterocycles. The number of hydrogen-bond donors (Lipinski definition) is 1. The maximum atomic E-state index is 12.3. The second-order valence-electron chi connectivity index (χ2n) is 5.37. The molecular weight excluding hydrogens is 314 g/mol. The first-order valence-corrected chi connectivity index (χ1v) is 7.56. The van der Waals surface area contributed by atoms with Gasteiger partial charge in [0.1, 0.15) is 0 Å². The molecule has 20 heavy (non-hydrogen) atoms. The highest BCUT2D eigenvalue weighted by Crippen LogP contribution is 2.47. The molecule has 0 spiro atoms. The second kappa shape index (κ2) is 5.41. The largest absolute Gasteiger partial charge is 0.326 e. The summed E-state index contributed by atoms with van der Waals surface area (Å²) in [6, 6.07) is 16.2. The van der Waals surface area contributed by atoms with E-state index in [1.807, 2.05) is 43.3 Å². The molecule has 2 aromatic rings. The fourth-order valence-corrected chi connectivity index (χ4v) is 3.20. The summed E-state index contributed by atoms with van der Waals surface area (Å²) >= 11 is 3.45. The molecule has 1 aliphatic carbocycles. The number of anilines is 1. The highest BCUT2D eigenvalue weighted by atomic mass is 79.9. The number of amides is 1. The van der Waals surface area contributed by atoms with E-state index >= 15 is 0 Å². The van der Waals surface area contributed by atoms with Gasteiger partial charge < -0.3 is 5.32 Å². The van der Waals surface area contributed by atoms with Crippen LogP contribution in [0, 0.1) is 12.8 Å². The SMILES string of the molecule is Cc1cc(Br)cc(NC(=O)C2CC2c2ccccc2)c1. The molecular formula is C17H16BrNO. The van der Waals surface area contributed by atoms with Gasteiger partial charge in [-0.05, 0) is 48.6 Å². The standard InChI is InChI=1S/C17H16BrNO/c1-11-7-13(18)9-14(8-11)19-17(20)16-10-15(16)12-5-3-2-4-6-12/h2-9,15-16H,10H2,1H3,(H,19,20). The minimum absolute atomic E-state index is 0.108. The van der Waals surface area contributed by atoms with Gasteiger partial charge in [0.15, 0.2) is 0 Å². The van der Waals surface area contributed by atoms with Crippen molar-refractivity contribution in [2.24, 2.45) is 5.92 Å². The number of halogens is 1. The van der Waals surface area contributed by atoms with Crippen LogP contribution >= 0.6 is 15.9 Å². The molecule has 0 heterocycles. The Hall–Kier alpha value is -1.61. The summed E-state index contributed by atoms with van der Waals surface area (Å²) in [5.74, 6) is 0.609. The fraction of sp³-hybridized carbons (Fsp3) is 0.235. The van der Waals surface area contributed by atoms with Gasteiger partial charge in [-0.25, -0.2) is 0 Å². The second-order valence-corrected chi connectivity index (χ2v) is 6.28. The minimum Gasteiger partial charge on any atom is -0.326 e. The van der Waals surface area contributed by atoms with Crippen molar-refractivity contribution < 1.29 is 4.79 Å². The van der Waals surface area contributed by atoms with Crippen LogP contribution in [0.2, 0.25) is 0 Å². The molecule has 0 aromatic heterocycles. The maximum absolute atomic E-state index is 12.3. The van der Waals surface area contributed by atoms with Gasteiger partial charge in [0.25, 0.3) is 0 Å². The Bertz CT molecular complexity index is 618. The summed E-state index contributed by atoms with van der Waals surface area (Å²) in [6.07, 6.45) is 0.947. The van der Waals surface area contributed by atoms with Crippen LogP contribution in [-0.4, -0.2) is 5.91 Å². The lowest BCUT2D eigenvalue weighted by atomic mass is 10.1. The predicted molar refractivity (Wildman–Crippen MR) is 84.8 cm³/mol. The van der Waals surface area contributed by atoms with E-state index in [4.69, 9.17) is 0 Å². The summed E-state index contributed by atoms with van der Waals surface area (Å²) in [6.45, 7) is 2.02. The molecule has 0 saturated heterocycles. The third kappa shape index (κ3) is 2.93. The van der Waals surface area contributed by atoms with Crippen molar-refractivity contribution in [1.82, 2.24) is 0 Å². The first-order chi connectivity index (χ1) is 9.63. The molecule has 1 amide bonds. The molecule has 3 heteroatoms. The van der Waals surface area contributed by atoms with Crippen LogP contribution in [0.15, 0.2) is 53.0 Å². The van der Waals surface area contributed by atoms with E-state index in [1.165, 1.54) is 5.56 Å².